The molecule has 3 rings (SSSR count). The van der Waals surface area contributed by atoms with Gasteiger partial charge in [-0.25, -0.2) is 0 Å². The number of anilines is 2. The van der Waals surface area contributed by atoms with Crippen LogP contribution in [0, 0.1) is 0 Å². The molecule has 0 aliphatic heterocycles. The fourth-order valence-electron chi connectivity index (χ4n) is 2.97. The van der Waals surface area contributed by atoms with E-state index < -0.39 is 23.4 Å². The quantitative estimate of drug-likeness (QED) is 0.523. The van der Waals surface area contributed by atoms with Gasteiger partial charge in [0.2, 0.25) is 5.91 Å². The molecule has 0 saturated carbocycles. The summed E-state index contributed by atoms with van der Waals surface area (Å²) in [6.07, 6.45) is 0. The second-order valence-electron chi connectivity index (χ2n) is 7.81. The fourth-order valence-corrected chi connectivity index (χ4v) is 4.52. The number of nitrogens with two attached hydrogens (primary N) is 2. The van der Waals surface area contributed by atoms with Gasteiger partial charge < -0.3 is 16.8 Å². The minimum absolute atomic E-state index is 0.0442. The van der Waals surface area contributed by atoms with Gasteiger partial charge in [0, 0.05) is 16.1 Å². The minimum atomic E-state index is -0.951. The number of nitrogen functional groups attached to an aromatic ring is 1. The summed E-state index contributed by atoms with van der Waals surface area (Å²) >= 11 is 2.14. The third kappa shape index (κ3) is 4.92. The van der Waals surface area contributed by atoms with Gasteiger partial charge in [-0.05, 0) is 55.9 Å². The molecule has 0 spiro atoms. The summed E-state index contributed by atoms with van der Waals surface area (Å²) in [5.41, 5.74) is 11.1. The predicted molar refractivity (Wildman–Crippen MR) is 123 cm³/mol. The SMILES string of the molecule is CC(C)(C)NC(=O)C(c1cccs1)N(C(=O)c1snc(C(N)=O)c1N)c1ccccc1. The number of thiophene rings is 1. The van der Waals surface area contributed by atoms with Crippen molar-refractivity contribution in [3.63, 3.8) is 0 Å². The molecular formula is C21H23N5O3S2. The van der Waals surface area contributed by atoms with E-state index in [0.29, 0.717) is 10.6 Å². The first-order valence-corrected chi connectivity index (χ1v) is 11.0. The van der Waals surface area contributed by atoms with Gasteiger partial charge in [-0.15, -0.1) is 11.3 Å². The largest absolute Gasteiger partial charge is 0.395 e. The number of hydrogen-bond acceptors (Lipinski definition) is 7. The summed E-state index contributed by atoms with van der Waals surface area (Å²) in [5, 5.41) is 4.80. The van der Waals surface area contributed by atoms with Crippen molar-refractivity contribution in [1.82, 2.24) is 9.69 Å². The topological polar surface area (TPSA) is 131 Å². The molecule has 0 aliphatic rings. The summed E-state index contributed by atoms with van der Waals surface area (Å²) < 4.78 is 3.94. The second kappa shape index (κ2) is 8.86. The highest BCUT2D eigenvalue weighted by Gasteiger charge is 2.37. The first kappa shape index (κ1) is 22.4. The maximum atomic E-state index is 13.7. The van der Waals surface area contributed by atoms with E-state index in [0.717, 1.165) is 11.5 Å². The highest BCUT2D eigenvalue weighted by molar-refractivity contribution is 7.10. The van der Waals surface area contributed by atoms with Crippen LogP contribution in [-0.2, 0) is 4.79 Å². The van der Waals surface area contributed by atoms with Gasteiger partial charge in [0.1, 0.15) is 4.88 Å². The minimum Gasteiger partial charge on any atom is -0.395 e. The number of para-hydroxylation sites is 1. The number of nitrogens with zero attached hydrogens (tertiary/aromatic N) is 2. The number of nitrogens with one attached hydrogen (secondary N) is 1. The molecule has 1 aromatic carbocycles. The van der Waals surface area contributed by atoms with Crippen molar-refractivity contribution in [2.45, 2.75) is 32.4 Å². The zero-order chi connectivity index (χ0) is 22.8. The Labute approximate surface area is 188 Å². The Morgan fingerprint density at radius 3 is 2.29 bits per heavy atom. The van der Waals surface area contributed by atoms with E-state index in [9.17, 15) is 14.4 Å². The van der Waals surface area contributed by atoms with E-state index in [1.54, 1.807) is 30.3 Å². The van der Waals surface area contributed by atoms with E-state index in [4.69, 9.17) is 11.5 Å². The summed E-state index contributed by atoms with van der Waals surface area (Å²) in [7, 11) is 0. The Morgan fingerprint density at radius 1 is 1.10 bits per heavy atom. The Morgan fingerprint density at radius 2 is 1.77 bits per heavy atom. The van der Waals surface area contributed by atoms with Crippen molar-refractivity contribution in [2.75, 3.05) is 10.6 Å². The van der Waals surface area contributed by atoms with Crippen LogP contribution >= 0.6 is 22.9 Å². The Hall–Kier alpha value is -3.24. The molecular weight excluding hydrogens is 434 g/mol. The van der Waals surface area contributed by atoms with E-state index in [2.05, 4.69) is 9.69 Å². The molecule has 0 aliphatic carbocycles. The lowest BCUT2D eigenvalue weighted by Gasteiger charge is -2.32. The third-order valence-corrected chi connectivity index (χ3v) is 6.00. The average molecular weight is 458 g/mol. The van der Waals surface area contributed by atoms with Crippen molar-refractivity contribution < 1.29 is 14.4 Å². The van der Waals surface area contributed by atoms with Crippen molar-refractivity contribution >= 4 is 52.0 Å². The number of rotatable bonds is 6. The van der Waals surface area contributed by atoms with Crippen molar-refractivity contribution in [1.29, 1.82) is 0 Å². The van der Waals surface area contributed by atoms with Crippen LogP contribution in [0.3, 0.4) is 0 Å². The smallest absolute Gasteiger partial charge is 0.273 e. The van der Waals surface area contributed by atoms with Gasteiger partial charge in [-0.1, -0.05) is 24.3 Å². The van der Waals surface area contributed by atoms with E-state index in [-0.39, 0.29) is 22.2 Å². The number of carbonyl (C=O) groups is 3. The predicted octanol–water partition coefficient (Wildman–Crippen LogP) is 3.19. The fraction of sp³-hybridized carbons (Fsp3) is 0.238. The van der Waals surface area contributed by atoms with Crippen LogP contribution in [0.1, 0.15) is 51.9 Å². The first-order chi connectivity index (χ1) is 14.6. The van der Waals surface area contributed by atoms with Gasteiger partial charge >= 0.3 is 0 Å². The molecule has 0 bridgehead atoms. The van der Waals surface area contributed by atoms with E-state index in [1.165, 1.54) is 16.2 Å². The molecule has 162 valence electrons. The number of primary amides is 1. The van der Waals surface area contributed by atoms with Crippen molar-refractivity contribution in [3.05, 3.63) is 63.3 Å². The molecule has 10 heteroatoms. The molecule has 8 nitrogen and oxygen atoms in total. The Bertz CT molecular complexity index is 1090. The molecule has 3 aromatic rings. The van der Waals surface area contributed by atoms with Gasteiger partial charge in [0.05, 0.1) is 5.69 Å². The van der Waals surface area contributed by atoms with Crippen LogP contribution in [0.4, 0.5) is 11.4 Å². The molecule has 0 saturated heterocycles. The van der Waals surface area contributed by atoms with Crippen molar-refractivity contribution in [2.24, 2.45) is 5.73 Å². The highest BCUT2D eigenvalue weighted by atomic mass is 32.1. The monoisotopic (exact) mass is 457 g/mol. The van der Waals surface area contributed by atoms with E-state index >= 15 is 0 Å². The number of amides is 3. The van der Waals surface area contributed by atoms with Crippen LogP contribution < -0.4 is 21.7 Å². The van der Waals surface area contributed by atoms with Gasteiger partial charge in [0.15, 0.2) is 11.7 Å². The second-order valence-corrected chi connectivity index (χ2v) is 9.56. The summed E-state index contributed by atoms with van der Waals surface area (Å²) in [6.45, 7) is 5.60. The van der Waals surface area contributed by atoms with Crippen LogP contribution in [0.5, 0.6) is 0 Å². The number of hydrogen-bond donors (Lipinski definition) is 3. The van der Waals surface area contributed by atoms with Gasteiger partial charge in [-0.3, -0.25) is 19.3 Å². The van der Waals surface area contributed by atoms with Crippen LogP contribution in [0.2, 0.25) is 0 Å². The zero-order valence-corrected chi connectivity index (χ0v) is 18.9. The standard InChI is InChI=1S/C21H23N5O3S2/c1-21(2,3)24-19(28)16(13-10-7-11-30-13)26(12-8-5-4-6-9-12)20(29)17-14(22)15(18(23)27)25-31-17/h4-11,16H,22H2,1-3H3,(H2,23,27)(H,24,28). The lowest BCUT2D eigenvalue weighted by molar-refractivity contribution is -0.123. The molecule has 0 fully saturated rings. The summed E-state index contributed by atoms with van der Waals surface area (Å²) in [6, 6.07) is 11.5. The van der Waals surface area contributed by atoms with Crippen LogP contribution in [0.15, 0.2) is 47.8 Å². The molecule has 3 amide bonds. The summed E-state index contributed by atoms with van der Waals surface area (Å²) in [5.74, 6) is -1.71. The van der Waals surface area contributed by atoms with Crippen LogP contribution in [-0.4, -0.2) is 27.6 Å². The lowest BCUT2D eigenvalue weighted by Crippen LogP contribution is -2.49. The molecule has 1 atom stereocenters. The molecule has 31 heavy (non-hydrogen) atoms. The Kier molecular flexibility index (Phi) is 6.42. The normalized spacial score (nSPS) is 12.2. The number of benzene rings is 1. The molecule has 1 unspecified atom stereocenters. The number of carbonyl (C=O) groups excluding carboxylic acids is 3. The van der Waals surface area contributed by atoms with E-state index in [1.807, 2.05) is 38.3 Å². The Balaban J connectivity index is 2.16. The maximum Gasteiger partial charge on any atom is 0.273 e. The maximum absolute atomic E-state index is 13.7. The lowest BCUT2D eigenvalue weighted by atomic mass is 10.1. The van der Waals surface area contributed by atoms with Crippen molar-refractivity contribution in [3.8, 4) is 0 Å². The molecule has 5 N–H and O–H groups in total. The zero-order valence-electron chi connectivity index (χ0n) is 17.3. The highest BCUT2D eigenvalue weighted by Crippen LogP contribution is 2.34. The average Bonchev–Trinajstić information content (AvgIpc) is 3.34. The number of aromatic nitrogens is 1. The third-order valence-electron chi connectivity index (χ3n) is 4.23. The van der Waals surface area contributed by atoms with Gasteiger partial charge in [-0.2, -0.15) is 4.37 Å². The molecule has 2 heterocycles. The van der Waals surface area contributed by atoms with Gasteiger partial charge in [0.25, 0.3) is 11.8 Å². The molecule has 2 aromatic heterocycles. The van der Waals surface area contributed by atoms with Crippen LogP contribution in [0.25, 0.3) is 0 Å². The molecule has 0 radical (unpaired) electrons. The first-order valence-electron chi connectivity index (χ1n) is 9.39. The summed E-state index contributed by atoms with van der Waals surface area (Å²) in [4.78, 5) is 40.8.